The Balaban J connectivity index is 1.75. The number of hydrogen-bond acceptors (Lipinski definition) is 3. The van der Waals surface area contributed by atoms with E-state index in [2.05, 4.69) is 26.1 Å². The van der Waals surface area contributed by atoms with Gasteiger partial charge in [-0.2, -0.15) is 0 Å². The van der Waals surface area contributed by atoms with Crippen LogP contribution in [-0.2, 0) is 4.74 Å². The summed E-state index contributed by atoms with van der Waals surface area (Å²) in [6, 6.07) is 0.653. The summed E-state index contributed by atoms with van der Waals surface area (Å²) in [5.41, 5.74) is 0.525. The molecule has 1 saturated carbocycles. The quantitative estimate of drug-likeness (QED) is 0.833. The molecule has 1 aliphatic carbocycles. The summed E-state index contributed by atoms with van der Waals surface area (Å²) < 4.78 is 5.43. The topological polar surface area (TPSA) is 41.5 Å². The molecule has 0 spiro atoms. The van der Waals surface area contributed by atoms with E-state index in [0.717, 1.165) is 38.5 Å². The molecule has 1 aliphatic heterocycles. The highest BCUT2D eigenvalue weighted by atomic mass is 16.5. The van der Waals surface area contributed by atoms with Crippen molar-refractivity contribution in [2.24, 2.45) is 16.7 Å². The van der Waals surface area contributed by atoms with Gasteiger partial charge in [-0.15, -0.1) is 0 Å². The molecule has 0 atom stereocenters. The van der Waals surface area contributed by atoms with Gasteiger partial charge in [-0.05, 0) is 49.9 Å². The highest BCUT2D eigenvalue weighted by Crippen LogP contribution is 2.38. The summed E-state index contributed by atoms with van der Waals surface area (Å²) in [7, 11) is 0. The first-order valence-electron chi connectivity index (χ1n) is 8.37. The lowest BCUT2D eigenvalue weighted by Gasteiger charge is -2.40. The summed E-state index contributed by atoms with van der Waals surface area (Å²) in [6.45, 7) is 9.97. The minimum Gasteiger partial charge on any atom is -0.396 e. The molecule has 0 bridgehead atoms. The van der Waals surface area contributed by atoms with Crippen molar-refractivity contribution in [1.29, 1.82) is 0 Å². The molecular formula is C17H33NO2. The SMILES string of the molecule is CC(C)(C)C1CCC(NCC2(CO)CCOCC2)CC1. The van der Waals surface area contributed by atoms with Gasteiger partial charge in [-0.3, -0.25) is 0 Å². The average Bonchev–Trinajstić information content (AvgIpc) is 2.46. The third-order valence-electron chi connectivity index (χ3n) is 5.61. The van der Waals surface area contributed by atoms with Crippen LogP contribution in [0.15, 0.2) is 0 Å². The fourth-order valence-corrected chi connectivity index (χ4v) is 3.72. The van der Waals surface area contributed by atoms with Crippen molar-refractivity contribution < 1.29 is 9.84 Å². The molecule has 0 aromatic rings. The van der Waals surface area contributed by atoms with Gasteiger partial charge in [-0.25, -0.2) is 0 Å². The van der Waals surface area contributed by atoms with E-state index >= 15 is 0 Å². The van der Waals surface area contributed by atoms with Crippen LogP contribution < -0.4 is 5.32 Å². The van der Waals surface area contributed by atoms with E-state index in [1.165, 1.54) is 25.7 Å². The predicted molar refractivity (Wildman–Crippen MR) is 82.8 cm³/mol. The van der Waals surface area contributed by atoms with E-state index < -0.39 is 0 Å². The summed E-state index contributed by atoms with van der Waals surface area (Å²) >= 11 is 0. The van der Waals surface area contributed by atoms with E-state index in [9.17, 15) is 5.11 Å². The van der Waals surface area contributed by atoms with Crippen molar-refractivity contribution in [2.75, 3.05) is 26.4 Å². The average molecular weight is 283 g/mol. The third-order valence-corrected chi connectivity index (χ3v) is 5.61. The Kier molecular flexibility index (Phi) is 5.49. The maximum Gasteiger partial charge on any atom is 0.0501 e. The molecule has 2 aliphatic rings. The first kappa shape index (κ1) is 16.3. The zero-order chi connectivity index (χ0) is 14.6. The van der Waals surface area contributed by atoms with Crippen molar-refractivity contribution in [3.8, 4) is 0 Å². The largest absolute Gasteiger partial charge is 0.396 e. The van der Waals surface area contributed by atoms with Gasteiger partial charge in [-0.1, -0.05) is 20.8 Å². The molecule has 3 nitrogen and oxygen atoms in total. The van der Waals surface area contributed by atoms with E-state index in [0.29, 0.717) is 18.1 Å². The maximum absolute atomic E-state index is 9.72. The van der Waals surface area contributed by atoms with Gasteiger partial charge in [0, 0.05) is 31.2 Å². The molecule has 0 aromatic carbocycles. The highest BCUT2D eigenvalue weighted by molar-refractivity contribution is 4.88. The van der Waals surface area contributed by atoms with Crippen molar-refractivity contribution in [2.45, 2.75) is 65.3 Å². The first-order valence-corrected chi connectivity index (χ1v) is 8.37. The monoisotopic (exact) mass is 283 g/mol. The fourth-order valence-electron chi connectivity index (χ4n) is 3.72. The number of hydrogen-bond donors (Lipinski definition) is 2. The minimum atomic E-state index is 0.0686. The molecule has 0 amide bonds. The van der Waals surface area contributed by atoms with E-state index in [1.54, 1.807) is 0 Å². The molecule has 118 valence electrons. The second-order valence-corrected chi connectivity index (χ2v) is 8.07. The highest BCUT2D eigenvalue weighted by Gasteiger charge is 2.34. The van der Waals surface area contributed by atoms with Gasteiger partial charge < -0.3 is 15.2 Å². The summed E-state index contributed by atoms with van der Waals surface area (Å²) in [4.78, 5) is 0. The Morgan fingerprint density at radius 2 is 1.70 bits per heavy atom. The van der Waals surface area contributed by atoms with Crippen LogP contribution in [0.3, 0.4) is 0 Å². The standard InChI is InChI=1S/C17H33NO2/c1-16(2,3)14-4-6-15(7-5-14)18-12-17(13-19)8-10-20-11-9-17/h14-15,18-19H,4-13H2,1-3H3. The molecule has 1 saturated heterocycles. The van der Waals surface area contributed by atoms with Crippen molar-refractivity contribution in [3.05, 3.63) is 0 Å². The third kappa shape index (κ3) is 4.19. The van der Waals surface area contributed by atoms with Gasteiger partial charge in [0.2, 0.25) is 0 Å². The summed E-state index contributed by atoms with van der Waals surface area (Å²) in [5.74, 6) is 0.871. The van der Waals surface area contributed by atoms with E-state index in [4.69, 9.17) is 4.74 Å². The Morgan fingerprint density at radius 1 is 1.10 bits per heavy atom. The smallest absolute Gasteiger partial charge is 0.0501 e. The molecule has 0 radical (unpaired) electrons. The van der Waals surface area contributed by atoms with Crippen LogP contribution >= 0.6 is 0 Å². The van der Waals surface area contributed by atoms with Gasteiger partial charge in [0.15, 0.2) is 0 Å². The molecule has 3 heteroatoms. The van der Waals surface area contributed by atoms with Crippen molar-refractivity contribution >= 4 is 0 Å². The van der Waals surface area contributed by atoms with Gasteiger partial charge >= 0.3 is 0 Å². The van der Waals surface area contributed by atoms with Gasteiger partial charge in [0.05, 0.1) is 6.61 Å². The molecule has 20 heavy (non-hydrogen) atoms. The van der Waals surface area contributed by atoms with Crippen molar-refractivity contribution in [1.82, 2.24) is 5.32 Å². The van der Waals surface area contributed by atoms with Crippen molar-refractivity contribution in [3.63, 3.8) is 0 Å². The predicted octanol–water partition coefficient (Wildman–Crippen LogP) is 2.97. The number of nitrogens with one attached hydrogen (secondary N) is 1. The Morgan fingerprint density at radius 3 is 2.20 bits per heavy atom. The Hall–Kier alpha value is -0.120. The maximum atomic E-state index is 9.72. The molecule has 0 unspecified atom stereocenters. The van der Waals surface area contributed by atoms with Crippen LogP contribution in [0.2, 0.25) is 0 Å². The fraction of sp³-hybridized carbons (Fsp3) is 1.00. The minimum absolute atomic E-state index is 0.0686. The zero-order valence-corrected chi connectivity index (χ0v) is 13.6. The number of ether oxygens (including phenoxy) is 1. The zero-order valence-electron chi connectivity index (χ0n) is 13.6. The molecule has 0 aromatic heterocycles. The molecule has 2 N–H and O–H groups in total. The Bertz CT molecular complexity index is 284. The van der Waals surface area contributed by atoms with E-state index in [-0.39, 0.29) is 5.41 Å². The van der Waals surface area contributed by atoms with Gasteiger partial charge in [0.25, 0.3) is 0 Å². The number of aliphatic hydroxyl groups is 1. The van der Waals surface area contributed by atoms with Crippen LogP contribution in [0.1, 0.15) is 59.3 Å². The molecule has 2 fully saturated rings. The molecule has 1 heterocycles. The van der Waals surface area contributed by atoms with Crippen LogP contribution in [0, 0.1) is 16.7 Å². The lowest BCUT2D eigenvalue weighted by atomic mass is 9.71. The lowest BCUT2D eigenvalue weighted by molar-refractivity contribution is -0.0175. The molecular weight excluding hydrogens is 250 g/mol. The number of aliphatic hydroxyl groups excluding tert-OH is 1. The van der Waals surface area contributed by atoms with Gasteiger partial charge in [0.1, 0.15) is 0 Å². The number of rotatable bonds is 4. The summed E-state index contributed by atoms with van der Waals surface area (Å²) in [6.07, 6.45) is 7.26. The summed E-state index contributed by atoms with van der Waals surface area (Å²) in [5, 5.41) is 13.5. The van der Waals surface area contributed by atoms with E-state index in [1.807, 2.05) is 0 Å². The second kappa shape index (κ2) is 6.76. The van der Waals surface area contributed by atoms with Crippen LogP contribution in [0.5, 0.6) is 0 Å². The Labute approximate surface area is 124 Å². The van der Waals surface area contributed by atoms with Crippen LogP contribution in [0.25, 0.3) is 0 Å². The van der Waals surface area contributed by atoms with Crippen LogP contribution in [-0.4, -0.2) is 37.5 Å². The normalized spacial score (nSPS) is 31.2. The lowest BCUT2D eigenvalue weighted by Crippen LogP contribution is -2.46. The molecule has 2 rings (SSSR count). The second-order valence-electron chi connectivity index (χ2n) is 8.07. The van der Waals surface area contributed by atoms with Crippen LogP contribution in [0.4, 0.5) is 0 Å². The first-order chi connectivity index (χ1) is 9.45.